The van der Waals surface area contributed by atoms with Gasteiger partial charge in [0.05, 0.1) is 27.3 Å². The zero-order chi connectivity index (χ0) is 48.3. The molecule has 0 saturated carbocycles. The molecule has 6 amide bonds. The van der Waals surface area contributed by atoms with Crippen LogP contribution in [-0.2, 0) is 47.8 Å². The van der Waals surface area contributed by atoms with Crippen molar-refractivity contribution in [2.75, 3.05) is 53.5 Å². The maximum absolute atomic E-state index is 13.1. The van der Waals surface area contributed by atoms with Gasteiger partial charge in [-0.3, -0.25) is 28.8 Å². The number of ether oxygens (including phenoxy) is 2. The number of rotatable bonds is 28. The van der Waals surface area contributed by atoms with E-state index in [1.165, 1.54) is 9.80 Å². The van der Waals surface area contributed by atoms with Crippen LogP contribution in [0.5, 0.6) is 0 Å². The van der Waals surface area contributed by atoms with E-state index in [9.17, 15) is 58.6 Å². The minimum Gasteiger partial charge on any atom is -0.467 e. The first-order chi connectivity index (χ1) is 30.9. The number of carbonyl (C=O) groups is 8. The van der Waals surface area contributed by atoms with Crippen molar-refractivity contribution in [2.24, 2.45) is 21.5 Å². The Morgan fingerprint density at radius 3 is 1.37 bits per heavy atom. The van der Waals surface area contributed by atoms with Gasteiger partial charge in [0, 0.05) is 39.0 Å². The average Bonchev–Trinajstić information content (AvgIpc) is 3.24. The summed E-state index contributed by atoms with van der Waals surface area (Å²) >= 11 is 0. The smallest absolute Gasteiger partial charge is 0.328 e. The van der Waals surface area contributed by atoms with Crippen molar-refractivity contribution in [3.05, 3.63) is 20.2 Å². The number of likely N-dealkylation sites (tertiary alicyclic amines) is 2. The van der Waals surface area contributed by atoms with Crippen LogP contribution >= 0.6 is 0 Å². The van der Waals surface area contributed by atoms with E-state index in [4.69, 9.17) is 20.9 Å². The Morgan fingerprint density at radius 2 is 1.02 bits per heavy atom. The number of nitrogens with zero attached hydrogens (tertiary/aromatic N) is 6. The molecule has 4 atom stereocenters. The van der Waals surface area contributed by atoms with Crippen molar-refractivity contribution >= 4 is 59.3 Å². The van der Waals surface area contributed by atoms with Crippen molar-refractivity contribution in [2.45, 2.75) is 120 Å². The number of nitro groups is 2. The Balaban J connectivity index is 1.68. The third-order valence-electron chi connectivity index (χ3n) is 10.1. The van der Waals surface area contributed by atoms with Crippen LogP contribution in [0.4, 0.5) is 0 Å². The molecule has 2 unspecified atom stereocenters. The molecule has 65 heavy (non-hydrogen) atoms. The lowest BCUT2D eigenvalue weighted by Gasteiger charge is -2.32. The van der Waals surface area contributed by atoms with Gasteiger partial charge in [-0.15, -0.1) is 0 Å². The number of esters is 2. The Hall–Kier alpha value is -6.90. The number of amides is 6. The predicted octanol–water partition coefficient (Wildman–Crippen LogP) is -3.00. The van der Waals surface area contributed by atoms with Gasteiger partial charge in [0.1, 0.15) is 24.2 Å². The van der Waals surface area contributed by atoms with E-state index in [1.54, 1.807) is 10.9 Å². The zero-order valence-electron chi connectivity index (χ0n) is 36.7. The number of nitrogens with two attached hydrogens (primary N) is 2. The third-order valence-corrected chi connectivity index (χ3v) is 10.1. The summed E-state index contributed by atoms with van der Waals surface area (Å²) in [6, 6.07) is -3.75. The largest absolute Gasteiger partial charge is 0.467 e. The van der Waals surface area contributed by atoms with Gasteiger partial charge in [0.15, 0.2) is 10.1 Å². The van der Waals surface area contributed by atoms with Crippen molar-refractivity contribution in [3.8, 4) is 0 Å². The molecule has 0 aliphatic carbocycles. The molecule has 2 aliphatic heterocycles. The van der Waals surface area contributed by atoms with E-state index in [0.717, 1.165) is 20.6 Å². The fourth-order valence-electron chi connectivity index (χ4n) is 6.95. The Morgan fingerprint density at radius 1 is 0.646 bits per heavy atom. The summed E-state index contributed by atoms with van der Waals surface area (Å²) in [5, 5.41) is 29.7. The Bertz CT molecular complexity index is 1630. The number of guanidine groups is 2. The minimum absolute atomic E-state index is 0.0283. The third kappa shape index (κ3) is 21.8. The summed E-state index contributed by atoms with van der Waals surface area (Å²) < 4.78 is 9.51. The molecule has 2 aliphatic rings. The summed E-state index contributed by atoms with van der Waals surface area (Å²) in [4.78, 5) is 133. The van der Waals surface area contributed by atoms with Crippen molar-refractivity contribution in [1.29, 1.82) is 0 Å². The second-order valence-corrected chi connectivity index (χ2v) is 15.2. The first-order valence-corrected chi connectivity index (χ1v) is 21.3. The van der Waals surface area contributed by atoms with Crippen LogP contribution in [0.25, 0.3) is 0 Å². The van der Waals surface area contributed by atoms with Gasteiger partial charge in [0.25, 0.3) is 11.9 Å². The lowest BCUT2D eigenvalue weighted by Crippen LogP contribution is -2.55. The fourth-order valence-corrected chi connectivity index (χ4v) is 6.95. The number of hydrogen-bond donors (Lipinski definition) is 8. The Labute approximate surface area is 374 Å². The first-order valence-electron chi connectivity index (χ1n) is 21.3. The van der Waals surface area contributed by atoms with Crippen LogP contribution in [0.1, 0.15) is 96.3 Å². The van der Waals surface area contributed by atoms with Gasteiger partial charge in [-0.25, -0.2) is 39.8 Å². The number of carbonyl (C=O) groups excluding carboxylic acids is 8. The van der Waals surface area contributed by atoms with Crippen molar-refractivity contribution in [3.63, 3.8) is 0 Å². The van der Waals surface area contributed by atoms with E-state index < -0.39 is 81.7 Å². The van der Waals surface area contributed by atoms with Gasteiger partial charge in [0.2, 0.25) is 35.4 Å². The first kappa shape index (κ1) is 54.2. The van der Waals surface area contributed by atoms with Gasteiger partial charge in [-0.05, 0) is 64.2 Å². The summed E-state index contributed by atoms with van der Waals surface area (Å²) in [7, 11) is 2.30. The lowest BCUT2D eigenvalue weighted by molar-refractivity contribution is -0.525. The Kier molecular flexibility index (Phi) is 24.6. The molecular formula is C37H62N14O14. The number of methoxy groups -OCH3 is 2. The quantitative estimate of drug-likeness (QED) is 0.00968. The van der Waals surface area contributed by atoms with Crippen LogP contribution in [0, 0.1) is 20.2 Å². The van der Waals surface area contributed by atoms with E-state index in [-0.39, 0.29) is 89.6 Å². The second-order valence-electron chi connectivity index (χ2n) is 15.2. The molecule has 0 bridgehead atoms. The van der Waals surface area contributed by atoms with Gasteiger partial charge in [-0.2, -0.15) is 0 Å². The monoisotopic (exact) mass is 926 g/mol. The van der Waals surface area contributed by atoms with Gasteiger partial charge in [-0.1, -0.05) is 30.1 Å². The maximum Gasteiger partial charge on any atom is 0.328 e. The highest BCUT2D eigenvalue weighted by atomic mass is 16.7. The molecule has 2 heterocycles. The molecule has 0 spiro atoms. The molecule has 2 saturated heterocycles. The van der Waals surface area contributed by atoms with E-state index in [2.05, 4.69) is 31.3 Å². The zero-order valence-corrected chi connectivity index (χ0v) is 36.7. The number of piperidine rings is 2. The van der Waals surface area contributed by atoms with Gasteiger partial charge >= 0.3 is 11.9 Å². The summed E-state index contributed by atoms with van der Waals surface area (Å²) in [6.07, 6.45) is 6.01. The number of hydrogen-bond acceptors (Lipinski definition) is 16. The van der Waals surface area contributed by atoms with Crippen LogP contribution in [0.15, 0.2) is 9.98 Å². The molecule has 2 rings (SSSR count). The van der Waals surface area contributed by atoms with Crippen LogP contribution in [-0.4, -0.2) is 157 Å². The minimum atomic E-state index is -1.06. The van der Waals surface area contributed by atoms with Crippen molar-refractivity contribution in [1.82, 2.24) is 41.9 Å². The van der Waals surface area contributed by atoms with Gasteiger partial charge < -0.3 is 52.0 Å². The van der Waals surface area contributed by atoms with Crippen LogP contribution in [0.3, 0.4) is 0 Å². The van der Waals surface area contributed by atoms with Crippen molar-refractivity contribution < 1.29 is 57.9 Å². The SMILES string of the molecule is COC(=O)[C@H](CCCN=C(N)N[N+](=O)[O-])NC(=O)CN1CCCC(NC(=O)CCCCCCCC(=O)NC2CCCN(CC(=O)N[C@@H](CCCN=C(N)N[N+](=O)[O-])C(=O)OC)C2=O)C1=O. The summed E-state index contributed by atoms with van der Waals surface area (Å²) in [5.41, 5.74) is 14.1. The fraction of sp³-hybridized carbons (Fsp3) is 0.730. The standard InChI is InChI=1S/C37H62N14O14/c1-64-34(58)26(12-8-18-40-36(38)46-50(60)61)44-30(54)22-48-20-10-14-24(32(48)56)42-28(52)16-6-4-3-5-7-17-29(53)43-25-15-11-21-49(33(25)57)23-31(55)45-27(35(59)65-2)13-9-19-41-37(39)47-51(62)63/h24-27H,3-23H2,1-2H3,(H,42,52)(H,43,53)(H,44,54)(H,45,55)(H3,38,40,46)(H3,39,41,47)/t24?,25?,26-,27-/m0/s1. The number of aliphatic imine (C=N–C) groups is 2. The molecular weight excluding hydrogens is 864 g/mol. The van der Waals surface area contributed by atoms with E-state index in [1.807, 2.05) is 0 Å². The molecule has 0 aromatic rings. The second kappa shape index (κ2) is 29.5. The highest BCUT2D eigenvalue weighted by Crippen LogP contribution is 2.15. The normalized spacial score (nSPS) is 17.5. The molecule has 2 fully saturated rings. The molecule has 28 heteroatoms. The van der Waals surface area contributed by atoms with Crippen LogP contribution in [0.2, 0.25) is 0 Å². The van der Waals surface area contributed by atoms with Crippen LogP contribution < -0.4 is 43.6 Å². The molecule has 0 aromatic carbocycles. The predicted molar refractivity (Wildman–Crippen MR) is 227 cm³/mol. The average molecular weight is 927 g/mol. The number of nitrogens with one attached hydrogen (secondary N) is 6. The lowest BCUT2D eigenvalue weighted by atomic mass is 10.0. The maximum atomic E-state index is 13.1. The molecule has 0 aromatic heterocycles. The topological polar surface area (TPSA) is 397 Å². The molecule has 28 nitrogen and oxygen atoms in total. The number of unbranched alkanes of at least 4 members (excludes halogenated alkanes) is 4. The summed E-state index contributed by atoms with van der Waals surface area (Å²) in [6.45, 7) is -0.0898. The molecule has 10 N–H and O–H groups in total. The highest BCUT2D eigenvalue weighted by Gasteiger charge is 2.33. The van der Waals surface area contributed by atoms with E-state index >= 15 is 0 Å². The highest BCUT2D eigenvalue weighted by molar-refractivity contribution is 5.93. The molecule has 0 radical (unpaired) electrons. The molecule has 364 valence electrons. The van der Waals surface area contributed by atoms with E-state index in [0.29, 0.717) is 51.4 Å². The number of hydrazine groups is 2. The summed E-state index contributed by atoms with van der Waals surface area (Å²) in [5.74, 6) is -5.01.